The minimum absolute atomic E-state index is 0.460. The maximum absolute atomic E-state index is 10.5. The average molecular weight is 161 g/mol. The minimum atomic E-state index is -0.850. The molecule has 0 atom stereocenters. The molecule has 2 N–H and O–H groups in total. The summed E-state index contributed by atoms with van der Waals surface area (Å²) in [7, 11) is 0. The highest BCUT2D eigenvalue weighted by Gasteiger charge is 1.94. The fourth-order valence-electron chi connectivity index (χ4n) is 0.424. The van der Waals surface area contributed by atoms with Gasteiger partial charge in [0.05, 0.1) is 0 Å². The standard InChI is InChI=1S/C3H3N3O3S/c7-1-4-2(8)6(10)3(9)5-1/h10H,(H2,4,5,7,8,9). The smallest absolute Gasteiger partial charge is 0.258 e. The number of aromatic amines is 2. The van der Waals surface area contributed by atoms with E-state index in [-0.39, 0.29) is 0 Å². The van der Waals surface area contributed by atoms with Crippen molar-refractivity contribution in [3.63, 3.8) is 0 Å². The molecule has 0 amide bonds. The van der Waals surface area contributed by atoms with E-state index in [1.807, 2.05) is 0 Å². The first-order valence-corrected chi connectivity index (χ1v) is 2.66. The molecule has 7 heteroatoms. The molecule has 0 fully saturated rings. The predicted octanol–water partition coefficient (Wildman–Crippen LogP) is -2.08. The van der Waals surface area contributed by atoms with Gasteiger partial charge in [-0.2, -0.15) is 3.97 Å². The summed E-state index contributed by atoms with van der Waals surface area (Å²) >= 11 is 3.45. The van der Waals surface area contributed by atoms with Gasteiger partial charge in [-0.05, 0) is 0 Å². The van der Waals surface area contributed by atoms with Crippen LogP contribution in [0.15, 0.2) is 14.4 Å². The molecule has 10 heavy (non-hydrogen) atoms. The molecule has 0 bridgehead atoms. The second kappa shape index (κ2) is 2.18. The summed E-state index contributed by atoms with van der Waals surface area (Å²) in [5, 5.41) is 0. The monoisotopic (exact) mass is 161 g/mol. The summed E-state index contributed by atoms with van der Waals surface area (Å²) in [5.41, 5.74) is -2.53. The lowest BCUT2D eigenvalue weighted by Crippen LogP contribution is -2.39. The van der Waals surface area contributed by atoms with E-state index in [0.29, 0.717) is 3.97 Å². The Bertz CT molecular complexity index is 364. The number of aromatic nitrogens is 3. The van der Waals surface area contributed by atoms with Crippen molar-refractivity contribution in [3.05, 3.63) is 31.5 Å². The number of H-pyrrole nitrogens is 2. The van der Waals surface area contributed by atoms with Crippen molar-refractivity contribution >= 4 is 12.8 Å². The van der Waals surface area contributed by atoms with Gasteiger partial charge < -0.3 is 0 Å². The summed E-state index contributed by atoms with van der Waals surface area (Å²) < 4.78 is 0.460. The maximum Gasteiger partial charge on any atom is 0.343 e. The number of thiol groups is 1. The fraction of sp³-hybridized carbons (Fsp3) is 0. The molecule has 0 saturated heterocycles. The van der Waals surface area contributed by atoms with Crippen molar-refractivity contribution in [3.8, 4) is 0 Å². The van der Waals surface area contributed by atoms with Crippen molar-refractivity contribution in [1.82, 2.24) is 13.9 Å². The van der Waals surface area contributed by atoms with Crippen molar-refractivity contribution in [2.75, 3.05) is 0 Å². The van der Waals surface area contributed by atoms with Crippen LogP contribution in [-0.2, 0) is 0 Å². The van der Waals surface area contributed by atoms with Gasteiger partial charge in [0.2, 0.25) is 0 Å². The molecule has 0 saturated carbocycles. The van der Waals surface area contributed by atoms with Crippen LogP contribution in [0.3, 0.4) is 0 Å². The van der Waals surface area contributed by atoms with E-state index in [0.717, 1.165) is 0 Å². The van der Waals surface area contributed by atoms with Crippen LogP contribution in [0.5, 0.6) is 0 Å². The largest absolute Gasteiger partial charge is 0.343 e. The first-order valence-electron chi connectivity index (χ1n) is 2.26. The van der Waals surface area contributed by atoms with Crippen LogP contribution < -0.4 is 17.1 Å². The van der Waals surface area contributed by atoms with Gasteiger partial charge in [0.25, 0.3) is 0 Å². The van der Waals surface area contributed by atoms with Crippen molar-refractivity contribution in [2.24, 2.45) is 0 Å². The van der Waals surface area contributed by atoms with Crippen molar-refractivity contribution in [2.45, 2.75) is 0 Å². The van der Waals surface area contributed by atoms with E-state index in [1.165, 1.54) is 0 Å². The third-order valence-corrected chi connectivity index (χ3v) is 1.19. The first-order chi connectivity index (χ1) is 4.61. The van der Waals surface area contributed by atoms with Crippen LogP contribution in [0.1, 0.15) is 0 Å². The zero-order valence-corrected chi connectivity index (χ0v) is 5.51. The Morgan fingerprint density at radius 2 is 1.50 bits per heavy atom. The van der Waals surface area contributed by atoms with Gasteiger partial charge in [0.15, 0.2) is 0 Å². The average Bonchev–Trinajstić information content (AvgIpc) is 1.82. The Morgan fingerprint density at radius 1 is 1.10 bits per heavy atom. The van der Waals surface area contributed by atoms with E-state index in [1.54, 1.807) is 9.97 Å². The second-order valence-corrected chi connectivity index (χ2v) is 1.90. The second-order valence-electron chi connectivity index (χ2n) is 1.50. The Balaban J connectivity index is 3.80. The highest BCUT2D eigenvalue weighted by atomic mass is 32.1. The van der Waals surface area contributed by atoms with Gasteiger partial charge in [-0.25, -0.2) is 14.4 Å². The van der Waals surface area contributed by atoms with Gasteiger partial charge in [0.1, 0.15) is 0 Å². The molecule has 0 unspecified atom stereocenters. The lowest BCUT2D eigenvalue weighted by atomic mass is 11.0. The van der Waals surface area contributed by atoms with Crippen LogP contribution >= 0.6 is 12.8 Å². The molecular weight excluding hydrogens is 158 g/mol. The molecule has 54 valence electrons. The number of hydrogen-bond acceptors (Lipinski definition) is 4. The Hall–Kier alpha value is -1.24. The molecule has 1 aromatic rings. The third kappa shape index (κ3) is 1.03. The van der Waals surface area contributed by atoms with Crippen molar-refractivity contribution in [1.29, 1.82) is 0 Å². The zero-order chi connectivity index (χ0) is 7.72. The van der Waals surface area contributed by atoms with Crippen LogP contribution in [0.2, 0.25) is 0 Å². The summed E-state index contributed by atoms with van der Waals surface area (Å²) in [4.78, 5) is 34.8. The summed E-state index contributed by atoms with van der Waals surface area (Å²) in [6, 6.07) is 0. The molecule has 6 nitrogen and oxygen atoms in total. The number of nitrogens with one attached hydrogen (secondary N) is 2. The lowest BCUT2D eigenvalue weighted by molar-refractivity contribution is 0.855. The van der Waals surface area contributed by atoms with E-state index >= 15 is 0 Å². The Morgan fingerprint density at radius 3 is 1.90 bits per heavy atom. The molecular formula is C3H3N3O3S. The fourth-order valence-corrected chi connectivity index (χ4v) is 0.524. The van der Waals surface area contributed by atoms with E-state index in [2.05, 4.69) is 12.8 Å². The zero-order valence-electron chi connectivity index (χ0n) is 4.62. The Labute approximate surface area is 59.1 Å². The van der Waals surface area contributed by atoms with Gasteiger partial charge >= 0.3 is 17.1 Å². The highest BCUT2D eigenvalue weighted by molar-refractivity contribution is 7.78. The van der Waals surface area contributed by atoms with Crippen LogP contribution in [-0.4, -0.2) is 13.9 Å². The highest BCUT2D eigenvalue weighted by Crippen LogP contribution is 1.60. The molecule has 1 heterocycles. The van der Waals surface area contributed by atoms with Crippen LogP contribution in [0.25, 0.3) is 0 Å². The van der Waals surface area contributed by atoms with E-state index < -0.39 is 17.1 Å². The van der Waals surface area contributed by atoms with Gasteiger partial charge in [0, 0.05) is 0 Å². The lowest BCUT2D eigenvalue weighted by Gasteiger charge is -1.87. The predicted molar refractivity (Wildman–Crippen MR) is 36.3 cm³/mol. The van der Waals surface area contributed by atoms with Crippen molar-refractivity contribution < 1.29 is 0 Å². The summed E-state index contributed by atoms with van der Waals surface area (Å²) in [6.07, 6.45) is 0. The van der Waals surface area contributed by atoms with Gasteiger partial charge in [-0.15, -0.1) is 0 Å². The third-order valence-electron chi connectivity index (χ3n) is 0.826. The minimum Gasteiger partial charge on any atom is -0.258 e. The SMILES string of the molecule is O=c1[nH]c(=O)n(S)c(=O)[nH]1. The number of hydrogen-bond donors (Lipinski definition) is 3. The molecule has 0 aromatic carbocycles. The van der Waals surface area contributed by atoms with Crippen LogP contribution in [0.4, 0.5) is 0 Å². The first kappa shape index (κ1) is 6.87. The normalized spacial score (nSPS) is 9.70. The molecule has 0 aliphatic heterocycles. The molecule has 1 aromatic heterocycles. The molecule has 0 spiro atoms. The van der Waals surface area contributed by atoms with Gasteiger partial charge in [-0.3, -0.25) is 9.97 Å². The molecule has 0 radical (unpaired) electrons. The Kier molecular flexibility index (Phi) is 1.50. The summed E-state index contributed by atoms with van der Waals surface area (Å²) in [5.74, 6) is 0. The van der Waals surface area contributed by atoms with Gasteiger partial charge in [-0.1, -0.05) is 12.8 Å². The quantitative estimate of drug-likeness (QED) is 0.381. The van der Waals surface area contributed by atoms with Crippen LogP contribution in [0, 0.1) is 0 Å². The summed E-state index contributed by atoms with van der Waals surface area (Å²) in [6.45, 7) is 0. The topological polar surface area (TPSA) is 87.7 Å². The molecule has 1 rings (SSSR count). The maximum atomic E-state index is 10.5. The molecule has 0 aliphatic rings. The number of rotatable bonds is 0. The molecule has 0 aliphatic carbocycles. The van der Waals surface area contributed by atoms with E-state index in [9.17, 15) is 14.4 Å². The van der Waals surface area contributed by atoms with E-state index in [4.69, 9.17) is 0 Å². The number of nitrogens with zero attached hydrogens (tertiary/aromatic N) is 1.